The zero-order valence-corrected chi connectivity index (χ0v) is 20.0. The van der Waals surface area contributed by atoms with Crippen LogP contribution in [0.15, 0.2) is 72.3 Å². The Bertz CT molecular complexity index is 1390. The van der Waals surface area contributed by atoms with E-state index in [4.69, 9.17) is 19.6 Å². The molecule has 0 radical (unpaired) electrons. The molecule has 1 aliphatic rings. The fourth-order valence-corrected chi connectivity index (χ4v) is 4.10. The quantitative estimate of drug-likeness (QED) is 0.363. The lowest BCUT2D eigenvalue weighted by molar-refractivity contribution is 0.106. The maximum absolute atomic E-state index is 12.2. The number of carbonyl (C=O) groups is 1. The molecule has 0 bridgehead atoms. The SMILES string of the molecule is COc1ccc2/c(c1)=C\C=C(\COc1cccc(OCc3cccc(C)c3C(=O)C=N)c1)CC/C=2. The first-order chi connectivity index (χ1) is 17.1. The molecule has 0 heterocycles. The maximum atomic E-state index is 12.2. The number of nitrogens with one attached hydrogen (secondary N) is 1. The monoisotopic (exact) mass is 467 g/mol. The summed E-state index contributed by atoms with van der Waals surface area (Å²) in [6, 6.07) is 19.2. The number of Topliss-reactive ketones (excluding diaryl/α,β-unsaturated/α-hetero) is 1. The van der Waals surface area contributed by atoms with Gasteiger partial charge in [0.15, 0.2) is 0 Å². The topological polar surface area (TPSA) is 68.6 Å². The van der Waals surface area contributed by atoms with Gasteiger partial charge < -0.3 is 19.6 Å². The normalized spacial score (nSPS) is 16.0. The fourth-order valence-electron chi connectivity index (χ4n) is 4.10. The van der Waals surface area contributed by atoms with Crippen molar-refractivity contribution in [3.63, 3.8) is 0 Å². The minimum Gasteiger partial charge on any atom is -0.497 e. The highest BCUT2D eigenvalue weighted by Crippen LogP contribution is 2.23. The number of fused-ring (bicyclic) bond motifs is 1. The van der Waals surface area contributed by atoms with E-state index in [1.54, 1.807) is 7.11 Å². The van der Waals surface area contributed by atoms with E-state index >= 15 is 0 Å². The molecule has 35 heavy (non-hydrogen) atoms. The number of benzene rings is 3. The Labute approximate surface area is 205 Å². The second kappa shape index (κ2) is 11.3. The van der Waals surface area contributed by atoms with E-state index in [0.717, 1.165) is 46.9 Å². The Kier molecular flexibility index (Phi) is 7.78. The van der Waals surface area contributed by atoms with E-state index in [2.05, 4.69) is 24.3 Å². The van der Waals surface area contributed by atoms with Crippen LogP contribution in [-0.4, -0.2) is 25.7 Å². The second-order valence-corrected chi connectivity index (χ2v) is 8.40. The van der Waals surface area contributed by atoms with Gasteiger partial charge in [0.2, 0.25) is 5.78 Å². The average molecular weight is 468 g/mol. The zero-order valence-electron chi connectivity index (χ0n) is 20.0. The first-order valence-electron chi connectivity index (χ1n) is 11.6. The van der Waals surface area contributed by atoms with E-state index in [-0.39, 0.29) is 12.4 Å². The third-order valence-electron chi connectivity index (χ3n) is 5.98. The molecule has 5 nitrogen and oxygen atoms in total. The number of aryl methyl sites for hydroxylation is 1. The van der Waals surface area contributed by atoms with Crippen molar-refractivity contribution < 1.29 is 19.0 Å². The standard InChI is InChI=1S/C30H29NO4/c1-21-6-3-9-25(30(21)29(32)18-31)20-35-28-11-5-10-27(17-28)34-19-22-7-4-8-23-14-15-26(33-2)16-24(23)13-12-22/h3,5-6,8-18,31H,4,7,19-20H2,1-2H3/b22-12+,23-8+,24-13-,31-18?. The molecule has 0 saturated heterocycles. The van der Waals surface area contributed by atoms with Crippen LogP contribution in [-0.2, 0) is 6.61 Å². The minimum absolute atomic E-state index is 0.235. The maximum Gasteiger partial charge on any atom is 0.203 e. The van der Waals surface area contributed by atoms with Crippen LogP contribution in [0.3, 0.4) is 0 Å². The van der Waals surface area contributed by atoms with Crippen LogP contribution in [0.1, 0.15) is 34.3 Å². The number of hydrogen-bond donors (Lipinski definition) is 1. The number of ketones is 1. The third-order valence-corrected chi connectivity index (χ3v) is 5.98. The van der Waals surface area contributed by atoms with Gasteiger partial charge in [0.1, 0.15) is 30.5 Å². The molecule has 1 N–H and O–H groups in total. The van der Waals surface area contributed by atoms with Gasteiger partial charge in [-0.3, -0.25) is 4.79 Å². The number of hydrogen-bond acceptors (Lipinski definition) is 5. The summed E-state index contributed by atoms with van der Waals surface area (Å²) in [6.07, 6.45) is 9.20. The Hall–Kier alpha value is -4.12. The minimum atomic E-state index is -0.318. The van der Waals surface area contributed by atoms with E-state index < -0.39 is 0 Å². The molecule has 0 amide bonds. The molecular weight excluding hydrogens is 438 g/mol. The van der Waals surface area contributed by atoms with Gasteiger partial charge in [-0.25, -0.2) is 0 Å². The van der Waals surface area contributed by atoms with Gasteiger partial charge in [0.05, 0.1) is 13.3 Å². The van der Waals surface area contributed by atoms with Crippen molar-refractivity contribution in [3.05, 3.63) is 99.4 Å². The lowest BCUT2D eigenvalue weighted by Crippen LogP contribution is -2.24. The molecule has 0 aliphatic heterocycles. The van der Waals surface area contributed by atoms with Gasteiger partial charge in [-0.1, -0.05) is 48.6 Å². The van der Waals surface area contributed by atoms with Gasteiger partial charge in [0.25, 0.3) is 0 Å². The van der Waals surface area contributed by atoms with Gasteiger partial charge in [-0.15, -0.1) is 0 Å². The van der Waals surface area contributed by atoms with Crippen molar-refractivity contribution in [2.24, 2.45) is 0 Å². The fraction of sp³-hybridized carbons (Fsp3) is 0.200. The summed E-state index contributed by atoms with van der Waals surface area (Å²) in [4.78, 5) is 12.2. The van der Waals surface area contributed by atoms with Crippen LogP contribution in [0, 0.1) is 12.3 Å². The van der Waals surface area contributed by atoms with Crippen molar-refractivity contribution in [2.75, 3.05) is 13.7 Å². The van der Waals surface area contributed by atoms with Crippen molar-refractivity contribution >= 4 is 24.1 Å². The van der Waals surface area contributed by atoms with Crippen molar-refractivity contribution in [1.29, 1.82) is 5.41 Å². The molecule has 0 saturated carbocycles. The predicted molar refractivity (Wildman–Crippen MR) is 139 cm³/mol. The molecule has 0 atom stereocenters. The molecule has 0 unspecified atom stereocenters. The first kappa shape index (κ1) is 24.0. The van der Waals surface area contributed by atoms with Crippen LogP contribution in [0.25, 0.3) is 12.2 Å². The molecule has 5 heteroatoms. The molecule has 0 fully saturated rings. The van der Waals surface area contributed by atoms with Gasteiger partial charge >= 0.3 is 0 Å². The van der Waals surface area contributed by atoms with Crippen LogP contribution >= 0.6 is 0 Å². The Morgan fingerprint density at radius 1 is 0.914 bits per heavy atom. The first-order valence-corrected chi connectivity index (χ1v) is 11.6. The lowest BCUT2D eigenvalue weighted by atomic mass is 9.99. The number of allylic oxidation sites excluding steroid dienone is 1. The lowest BCUT2D eigenvalue weighted by Gasteiger charge is -2.13. The molecule has 3 aromatic carbocycles. The molecule has 0 aromatic heterocycles. The molecule has 1 aliphatic carbocycles. The van der Waals surface area contributed by atoms with Gasteiger partial charge in [0, 0.05) is 17.2 Å². The molecule has 178 valence electrons. The predicted octanol–water partition coefficient (Wildman–Crippen LogP) is 4.78. The van der Waals surface area contributed by atoms with Crippen LogP contribution in [0.2, 0.25) is 0 Å². The second-order valence-electron chi connectivity index (χ2n) is 8.40. The summed E-state index contributed by atoms with van der Waals surface area (Å²) in [5, 5.41) is 9.68. The Morgan fingerprint density at radius 3 is 2.46 bits per heavy atom. The summed E-state index contributed by atoms with van der Waals surface area (Å²) < 4.78 is 17.4. The zero-order chi connectivity index (χ0) is 24.6. The number of rotatable bonds is 9. The highest BCUT2D eigenvalue weighted by Gasteiger charge is 2.13. The molecular formula is C30H29NO4. The van der Waals surface area contributed by atoms with Crippen molar-refractivity contribution in [3.8, 4) is 17.2 Å². The van der Waals surface area contributed by atoms with Crippen LogP contribution in [0.4, 0.5) is 0 Å². The van der Waals surface area contributed by atoms with Crippen LogP contribution in [0.5, 0.6) is 17.2 Å². The third kappa shape index (κ3) is 6.07. The summed E-state index contributed by atoms with van der Waals surface area (Å²) >= 11 is 0. The Balaban J connectivity index is 1.43. The van der Waals surface area contributed by atoms with Gasteiger partial charge in [-0.2, -0.15) is 0 Å². The molecule has 4 rings (SSSR count). The van der Waals surface area contributed by atoms with Crippen LogP contribution < -0.4 is 24.6 Å². The summed E-state index contributed by atoms with van der Waals surface area (Å²) in [6.45, 7) is 2.59. The molecule has 0 spiro atoms. The smallest absolute Gasteiger partial charge is 0.203 e. The largest absolute Gasteiger partial charge is 0.497 e. The van der Waals surface area contributed by atoms with Crippen molar-refractivity contribution in [2.45, 2.75) is 26.4 Å². The van der Waals surface area contributed by atoms with E-state index in [1.807, 2.05) is 61.5 Å². The average Bonchev–Trinajstić information content (AvgIpc) is 2.87. The number of ether oxygens (including phenoxy) is 3. The summed E-state index contributed by atoms with van der Waals surface area (Å²) in [5.74, 6) is 1.90. The Morgan fingerprint density at radius 2 is 1.69 bits per heavy atom. The van der Waals surface area contributed by atoms with Gasteiger partial charge in [-0.05, 0) is 65.6 Å². The summed E-state index contributed by atoms with van der Waals surface area (Å²) in [5.41, 5.74) is 3.32. The van der Waals surface area contributed by atoms with E-state index in [9.17, 15) is 4.79 Å². The van der Waals surface area contributed by atoms with E-state index in [1.165, 1.54) is 10.8 Å². The highest BCUT2D eigenvalue weighted by atomic mass is 16.5. The number of methoxy groups -OCH3 is 1. The van der Waals surface area contributed by atoms with Crippen molar-refractivity contribution in [1.82, 2.24) is 0 Å². The molecule has 3 aromatic rings. The summed E-state index contributed by atoms with van der Waals surface area (Å²) in [7, 11) is 1.68. The highest BCUT2D eigenvalue weighted by molar-refractivity contribution is 6.35. The van der Waals surface area contributed by atoms with E-state index in [0.29, 0.717) is 17.9 Å². The number of carbonyl (C=O) groups excluding carboxylic acids is 1.